The van der Waals surface area contributed by atoms with E-state index in [4.69, 9.17) is 16.3 Å². The van der Waals surface area contributed by atoms with Gasteiger partial charge in [-0.1, -0.05) is 11.6 Å². The van der Waals surface area contributed by atoms with E-state index in [1.54, 1.807) is 34.9 Å². The maximum atomic E-state index is 11.7. The average molecular weight is 309 g/mol. The highest BCUT2D eigenvalue weighted by Crippen LogP contribution is 2.15. The molecule has 1 atom stereocenters. The summed E-state index contributed by atoms with van der Waals surface area (Å²) in [6.07, 6.45) is 1.09. The van der Waals surface area contributed by atoms with Gasteiger partial charge in [0.05, 0.1) is 0 Å². The van der Waals surface area contributed by atoms with Crippen molar-refractivity contribution in [3.05, 3.63) is 53.3 Å². The van der Waals surface area contributed by atoms with Crippen molar-refractivity contribution in [1.82, 2.24) is 9.88 Å². The SMILES string of the molecule is Cn1cccc1C(O)CNC(=O)COc1ccc(Cl)cc1. The molecule has 1 unspecified atom stereocenters. The molecule has 0 aliphatic rings. The number of carbonyl (C=O) groups is 1. The van der Waals surface area contributed by atoms with E-state index in [0.717, 1.165) is 5.69 Å². The highest BCUT2D eigenvalue weighted by atomic mass is 35.5. The molecule has 2 N–H and O–H groups in total. The normalized spacial score (nSPS) is 12.0. The highest BCUT2D eigenvalue weighted by molar-refractivity contribution is 6.30. The minimum absolute atomic E-state index is 0.110. The van der Waals surface area contributed by atoms with Crippen molar-refractivity contribution in [3.63, 3.8) is 0 Å². The number of hydrogen-bond donors (Lipinski definition) is 2. The van der Waals surface area contributed by atoms with E-state index < -0.39 is 6.10 Å². The fraction of sp³-hybridized carbons (Fsp3) is 0.267. The molecule has 0 saturated carbocycles. The summed E-state index contributed by atoms with van der Waals surface area (Å²) < 4.78 is 7.12. The third-order valence-corrected chi connectivity index (χ3v) is 3.25. The Hall–Kier alpha value is -1.98. The summed E-state index contributed by atoms with van der Waals surface area (Å²) in [6.45, 7) is 0.0299. The topological polar surface area (TPSA) is 63.5 Å². The first kappa shape index (κ1) is 15.4. The summed E-state index contributed by atoms with van der Waals surface area (Å²) in [5, 5.41) is 13.2. The summed E-state index contributed by atoms with van der Waals surface area (Å²) in [4.78, 5) is 11.7. The van der Waals surface area contributed by atoms with Crippen LogP contribution in [0.5, 0.6) is 5.75 Å². The maximum Gasteiger partial charge on any atom is 0.258 e. The van der Waals surface area contributed by atoms with Gasteiger partial charge in [0.15, 0.2) is 6.61 Å². The fourth-order valence-corrected chi connectivity index (χ4v) is 1.99. The minimum Gasteiger partial charge on any atom is -0.484 e. The summed E-state index contributed by atoms with van der Waals surface area (Å²) in [5.41, 5.74) is 0.744. The van der Waals surface area contributed by atoms with E-state index in [9.17, 15) is 9.90 Å². The summed E-state index contributed by atoms with van der Waals surface area (Å²) >= 11 is 5.76. The van der Waals surface area contributed by atoms with Gasteiger partial charge in [-0.25, -0.2) is 0 Å². The van der Waals surface area contributed by atoms with Crippen LogP contribution in [0.1, 0.15) is 11.8 Å². The number of rotatable bonds is 6. The lowest BCUT2D eigenvalue weighted by Gasteiger charge is -2.13. The highest BCUT2D eigenvalue weighted by Gasteiger charge is 2.12. The van der Waals surface area contributed by atoms with Crippen LogP contribution in [0.15, 0.2) is 42.6 Å². The van der Waals surface area contributed by atoms with Crippen LogP contribution in [-0.4, -0.2) is 28.7 Å². The first-order valence-corrected chi connectivity index (χ1v) is 6.88. The van der Waals surface area contributed by atoms with Gasteiger partial charge < -0.3 is 19.7 Å². The van der Waals surface area contributed by atoms with Crippen molar-refractivity contribution in [1.29, 1.82) is 0 Å². The summed E-state index contributed by atoms with van der Waals surface area (Å²) in [5.74, 6) is 0.274. The van der Waals surface area contributed by atoms with Crippen molar-refractivity contribution < 1.29 is 14.6 Å². The molecule has 112 valence electrons. The van der Waals surface area contributed by atoms with Crippen molar-refractivity contribution >= 4 is 17.5 Å². The van der Waals surface area contributed by atoms with Gasteiger partial charge in [-0.2, -0.15) is 0 Å². The molecule has 1 amide bonds. The Morgan fingerprint density at radius 1 is 1.38 bits per heavy atom. The molecule has 0 radical (unpaired) electrons. The van der Waals surface area contributed by atoms with Crippen LogP contribution >= 0.6 is 11.6 Å². The average Bonchev–Trinajstić information content (AvgIpc) is 2.90. The molecule has 21 heavy (non-hydrogen) atoms. The molecule has 0 aliphatic carbocycles. The molecule has 0 saturated heterocycles. The molecule has 2 rings (SSSR count). The molecule has 0 bridgehead atoms. The van der Waals surface area contributed by atoms with E-state index in [2.05, 4.69) is 5.32 Å². The van der Waals surface area contributed by atoms with Gasteiger partial charge in [-0.3, -0.25) is 4.79 Å². The predicted molar refractivity (Wildman–Crippen MR) is 80.3 cm³/mol. The third kappa shape index (κ3) is 4.51. The lowest BCUT2D eigenvalue weighted by Crippen LogP contribution is -2.32. The van der Waals surface area contributed by atoms with Gasteiger partial charge in [0.2, 0.25) is 0 Å². The van der Waals surface area contributed by atoms with E-state index in [1.165, 1.54) is 0 Å². The minimum atomic E-state index is -0.746. The van der Waals surface area contributed by atoms with E-state index in [1.807, 2.05) is 19.3 Å². The van der Waals surface area contributed by atoms with Gasteiger partial charge in [0.25, 0.3) is 5.91 Å². The lowest BCUT2D eigenvalue weighted by atomic mass is 10.2. The Kier molecular flexibility index (Phi) is 5.25. The smallest absolute Gasteiger partial charge is 0.258 e. The number of benzene rings is 1. The molecule has 6 heteroatoms. The van der Waals surface area contributed by atoms with Crippen LogP contribution in [-0.2, 0) is 11.8 Å². The number of aryl methyl sites for hydroxylation is 1. The number of nitrogens with zero attached hydrogens (tertiary/aromatic N) is 1. The molecule has 1 heterocycles. The van der Waals surface area contributed by atoms with Gasteiger partial charge in [0.1, 0.15) is 11.9 Å². The summed E-state index contributed by atoms with van der Waals surface area (Å²) in [6, 6.07) is 10.4. The molecule has 2 aromatic rings. The van der Waals surface area contributed by atoms with Crippen molar-refractivity contribution in [2.24, 2.45) is 7.05 Å². The third-order valence-electron chi connectivity index (χ3n) is 3.00. The zero-order chi connectivity index (χ0) is 15.2. The van der Waals surface area contributed by atoms with E-state index in [-0.39, 0.29) is 19.1 Å². The standard InChI is InChI=1S/C15H17ClN2O3/c1-18-8-2-3-13(18)14(19)9-17-15(20)10-21-12-6-4-11(16)5-7-12/h2-8,14,19H,9-10H2,1H3,(H,17,20). The summed E-state index contributed by atoms with van der Waals surface area (Å²) in [7, 11) is 1.84. The predicted octanol–water partition coefficient (Wildman–Crippen LogP) is 1.91. The first-order chi connectivity index (χ1) is 10.1. The molecule has 5 nitrogen and oxygen atoms in total. The second-order valence-corrected chi connectivity index (χ2v) is 5.04. The Balaban J connectivity index is 1.75. The maximum absolute atomic E-state index is 11.7. The first-order valence-electron chi connectivity index (χ1n) is 6.50. The number of hydrogen-bond acceptors (Lipinski definition) is 3. The number of ether oxygens (including phenoxy) is 1. The molecule has 0 spiro atoms. The van der Waals surface area contributed by atoms with Crippen molar-refractivity contribution in [2.45, 2.75) is 6.10 Å². The van der Waals surface area contributed by atoms with E-state index in [0.29, 0.717) is 10.8 Å². The van der Waals surface area contributed by atoms with Crippen LogP contribution < -0.4 is 10.1 Å². The number of aliphatic hydroxyl groups is 1. The number of halogens is 1. The Morgan fingerprint density at radius 2 is 2.10 bits per heavy atom. The van der Waals surface area contributed by atoms with E-state index >= 15 is 0 Å². The molecule has 0 aliphatic heterocycles. The van der Waals surface area contributed by atoms with Gasteiger partial charge >= 0.3 is 0 Å². The lowest BCUT2D eigenvalue weighted by molar-refractivity contribution is -0.123. The van der Waals surface area contributed by atoms with Crippen molar-refractivity contribution in [2.75, 3.05) is 13.2 Å². The number of carbonyl (C=O) groups excluding carboxylic acids is 1. The second kappa shape index (κ2) is 7.15. The molecule has 1 aromatic carbocycles. The largest absolute Gasteiger partial charge is 0.484 e. The van der Waals surface area contributed by atoms with Crippen LogP contribution in [0.3, 0.4) is 0 Å². The number of aliphatic hydroxyl groups excluding tert-OH is 1. The van der Waals surface area contributed by atoms with Crippen LogP contribution in [0.25, 0.3) is 0 Å². The molecule has 0 fully saturated rings. The molecular weight excluding hydrogens is 292 g/mol. The zero-order valence-corrected chi connectivity index (χ0v) is 12.4. The monoisotopic (exact) mass is 308 g/mol. The Labute approximate surface area is 128 Å². The van der Waals surface area contributed by atoms with Gasteiger partial charge in [-0.05, 0) is 36.4 Å². The number of nitrogens with one attached hydrogen (secondary N) is 1. The fourth-order valence-electron chi connectivity index (χ4n) is 1.87. The van der Waals surface area contributed by atoms with Crippen LogP contribution in [0.2, 0.25) is 5.02 Å². The number of amides is 1. The van der Waals surface area contributed by atoms with Crippen LogP contribution in [0, 0.1) is 0 Å². The zero-order valence-electron chi connectivity index (χ0n) is 11.6. The molecular formula is C15H17ClN2O3. The number of aromatic nitrogens is 1. The Bertz CT molecular complexity index is 595. The van der Waals surface area contributed by atoms with Gasteiger partial charge in [0, 0.05) is 30.5 Å². The van der Waals surface area contributed by atoms with Crippen LogP contribution in [0.4, 0.5) is 0 Å². The van der Waals surface area contributed by atoms with Crippen molar-refractivity contribution in [3.8, 4) is 5.75 Å². The Morgan fingerprint density at radius 3 is 2.71 bits per heavy atom. The second-order valence-electron chi connectivity index (χ2n) is 4.61. The van der Waals surface area contributed by atoms with Gasteiger partial charge in [-0.15, -0.1) is 0 Å². The quantitative estimate of drug-likeness (QED) is 0.857. The molecule has 1 aromatic heterocycles.